The van der Waals surface area contributed by atoms with Gasteiger partial charge in [-0.25, -0.2) is 4.79 Å². The molecule has 0 saturated carbocycles. The summed E-state index contributed by atoms with van der Waals surface area (Å²) in [6.07, 6.45) is 2.19. The number of amides is 1. The minimum Gasteiger partial charge on any atom is -0.356 e. The number of unbranched alkanes of at least 4 members (excludes halogenated alkanes) is 1. The van der Waals surface area contributed by atoms with Crippen LogP contribution in [0.4, 0.5) is 0 Å². The maximum Gasteiger partial charge on any atom is 0.331 e. The summed E-state index contributed by atoms with van der Waals surface area (Å²) in [5.41, 5.74) is 2.15. The van der Waals surface area contributed by atoms with E-state index >= 15 is 0 Å². The van der Waals surface area contributed by atoms with Crippen molar-refractivity contribution < 1.29 is 4.79 Å². The van der Waals surface area contributed by atoms with Crippen LogP contribution in [0, 0.1) is 11.3 Å². The number of nitrogens with one attached hydrogen (secondary N) is 1. The van der Waals surface area contributed by atoms with Gasteiger partial charge in [0.2, 0.25) is 5.91 Å². The van der Waals surface area contributed by atoms with Crippen LogP contribution in [0.2, 0.25) is 0 Å². The van der Waals surface area contributed by atoms with Crippen LogP contribution in [-0.4, -0.2) is 21.6 Å². The molecule has 0 aliphatic heterocycles. The van der Waals surface area contributed by atoms with Gasteiger partial charge in [0, 0.05) is 19.5 Å². The summed E-state index contributed by atoms with van der Waals surface area (Å²) >= 11 is 0. The fourth-order valence-electron chi connectivity index (χ4n) is 4.29. The maximum absolute atomic E-state index is 13.4. The average Bonchev–Trinajstić information content (AvgIpc) is 2.91. The highest BCUT2D eigenvalue weighted by atomic mass is 16.2. The van der Waals surface area contributed by atoms with Crippen molar-refractivity contribution >= 4 is 16.8 Å². The van der Waals surface area contributed by atoms with E-state index in [0.29, 0.717) is 47.8 Å². The molecule has 0 unspecified atom stereocenters. The van der Waals surface area contributed by atoms with Gasteiger partial charge in [0.1, 0.15) is 0 Å². The molecule has 36 heavy (non-hydrogen) atoms. The Morgan fingerprint density at radius 2 is 1.58 bits per heavy atom. The minimum atomic E-state index is -0.418. The summed E-state index contributed by atoms with van der Waals surface area (Å²) < 4.78 is 2.79. The molecule has 3 aromatic carbocycles. The van der Waals surface area contributed by atoms with Crippen LogP contribution in [0.15, 0.2) is 88.5 Å². The van der Waals surface area contributed by atoms with E-state index < -0.39 is 5.69 Å². The summed E-state index contributed by atoms with van der Waals surface area (Å²) in [5, 5.41) is 12.8. The molecule has 1 heterocycles. The maximum atomic E-state index is 13.4. The van der Waals surface area contributed by atoms with E-state index in [-0.39, 0.29) is 24.6 Å². The summed E-state index contributed by atoms with van der Waals surface area (Å²) in [7, 11) is 0. The number of benzene rings is 3. The van der Waals surface area contributed by atoms with Crippen molar-refractivity contribution in [3.05, 3.63) is 116 Å². The van der Waals surface area contributed by atoms with Gasteiger partial charge >= 0.3 is 5.69 Å². The molecule has 4 rings (SSSR count). The first-order valence-corrected chi connectivity index (χ1v) is 12.1. The van der Waals surface area contributed by atoms with Crippen molar-refractivity contribution in [2.24, 2.45) is 0 Å². The number of aromatic nitrogens is 2. The van der Waals surface area contributed by atoms with E-state index in [1.54, 1.807) is 41.0 Å². The third-order valence-corrected chi connectivity index (χ3v) is 6.21. The van der Waals surface area contributed by atoms with Crippen molar-refractivity contribution in [2.45, 2.75) is 38.8 Å². The Hall–Kier alpha value is -4.44. The number of nitrogens with zero attached hydrogens (tertiary/aromatic N) is 3. The van der Waals surface area contributed by atoms with Gasteiger partial charge in [-0.15, -0.1) is 0 Å². The molecule has 0 aliphatic carbocycles. The molecule has 0 bridgehead atoms. The molecule has 1 N–H and O–H groups in total. The lowest BCUT2D eigenvalue weighted by atomic mass is 10.1. The summed E-state index contributed by atoms with van der Waals surface area (Å²) in [6, 6.07) is 26.3. The number of carbonyl (C=O) groups excluding carboxylic acids is 1. The Morgan fingerprint density at radius 3 is 2.39 bits per heavy atom. The molecule has 0 atom stereocenters. The van der Waals surface area contributed by atoms with Crippen molar-refractivity contribution in [1.29, 1.82) is 5.26 Å². The largest absolute Gasteiger partial charge is 0.356 e. The van der Waals surface area contributed by atoms with E-state index in [0.717, 1.165) is 6.42 Å². The van der Waals surface area contributed by atoms with Gasteiger partial charge in [0.25, 0.3) is 5.56 Å². The first-order chi connectivity index (χ1) is 17.6. The lowest BCUT2D eigenvalue weighted by Gasteiger charge is -2.15. The Kier molecular flexibility index (Phi) is 8.09. The zero-order valence-corrected chi connectivity index (χ0v) is 20.0. The third kappa shape index (κ3) is 5.78. The number of fused-ring (bicyclic) bond motifs is 1. The number of carbonyl (C=O) groups is 1. The van der Waals surface area contributed by atoms with Crippen LogP contribution in [-0.2, 0) is 24.3 Å². The topological polar surface area (TPSA) is 96.9 Å². The van der Waals surface area contributed by atoms with Gasteiger partial charge in [-0.2, -0.15) is 5.26 Å². The smallest absolute Gasteiger partial charge is 0.331 e. The predicted molar refractivity (Wildman–Crippen MR) is 140 cm³/mol. The standard InChI is InChI=1S/C29H28N4O3/c30-20-23-12-4-5-13-24(23)21-33-26-15-7-6-14-25(26)28(35)32(29(33)36)19-9-8-16-27(34)31-18-17-22-10-2-1-3-11-22/h1-7,10-15H,8-9,16-19,21H2,(H,31,34). The molecule has 0 aliphatic rings. The van der Waals surface area contributed by atoms with Crippen LogP contribution >= 0.6 is 0 Å². The molecule has 182 valence electrons. The second kappa shape index (κ2) is 11.8. The highest BCUT2D eigenvalue weighted by molar-refractivity contribution is 5.78. The van der Waals surface area contributed by atoms with Gasteiger partial charge < -0.3 is 5.32 Å². The molecule has 4 aromatic rings. The van der Waals surface area contributed by atoms with Crippen LogP contribution in [0.3, 0.4) is 0 Å². The number of hydrogen-bond acceptors (Lipinski definition) is 4. The third-order valence-electron chi connectivity index (χ3n) is 6.21. The quantitative estimate of drug-likeness (QED) is 0.351. The van der Waals surface area contributed by atoms with Crippen LogP contribution in [0.25, 0.3) is 10.9 Å². The number of hydrogen-bond donors (Lipinski definition) is 1. The van der Waals surface area contributed by atoms with Crippen molar-refractivity contribution in [1.82, 2.24) is 14.5 Å². The Morgan fingerprint density at radius 1 is 0.861 bits per heavy atom. The molecule has 0 radical (unpaired) electrons. The van der Waals surface area contributed by atoms with Crippen molar-refractivity contribution in [2.75, 3.05) is 6.54 Å². The van der Waals surface area contributed by atoms with E-state index in [4.69, 9.17) is 0 Å². The van der Waals surface area contributed by atoms with Crippen LogP contribution in [0.1, 0.15) is 36.0 Å². The monoisotopic (exact) mass is 480 g/mol. The Bertz CT molecular complexity index is 1510. The second-order valence-corrected chi connectivity index (χ2v) is 8.65. The molecule has 7 nitrogen and oxygen atoms in total. The number of para-hydroxylation sites is 1. The summed E-state index contributed by atoms with van der Waals surface area (Å²) in [5.74, 6) is -0.0395. The molecule has 0 spiro atoms. The van der Waals surface area contributed by atoms with Gasteiger partial charge in [0.15, 0.2) is 0 Å². The SMILES string of the molecule is N#Cc1ccccc1Cn1c(=O)n(CCCCC(=O)NCCc2ccccc2)c(=O)c2ccccc21. The molecule has 1 aromatic heterocycles. The van der Waals surface area contributed by atoms with Gasteiger partial charge in [-0.3, -0.25) is 18.7 Å². The van der Waals surface area contributed by atoms with Gasteiger partial charge in [0.05, 0.1) is 29.1 Å². The van der Waals surface area contributed by atoms with E-state index in [1.807, 2.05) is 42.5 Å². The zero-order valence-electron chi connectivity index (χ0n) is 20.0. The van der Waals surface area contributed by atoms with Gasteiger partial charge in [-0.1, -0.05) is 60.7 Å². The summed E-state index contributed by atoms with van der Waals surface area (Å²) in [6.45, 7) is 0.981. The first kappa shape index (κ1) is 24.7. The van der Waals surface area contributed by atoms with E-state index in [9.17, 15) is 19.6 Å². The second-order valence-electron chi connectivity index (χ2n) is 8.65. The zero-order chi connectivity index (χ0) is 25.3. The Labute approximate surface area is 209 Å². The van der Waals surface area contributed by atoms with E-state index in [1.165, 1.54) is 10.1 Å². The lowest BCUT2D eigenvalue weighted by Crippen LogP contribution is -2.40. The van der Waals surface area contributed by atoms with Crippen LogP contribution in [0.5, 0.6) is 0 Å². The van der Waals surface area contributed by atoms with Crippen molar-refractivity contribution in [3.8, 4) is 6.07 Å². The minimum absolute atomic E-state index is 0.0395. The Balaban J connectivity index is 1.44. The molecule has 0 fully saturated rings. The molecule has 1 amide bonds. The molecular formula is C29H28N4O3. The number of rotatable bonds is 10. The van der Waals surface area contributed by atoms with E-state index in [2.05, 4.69) is 11.4 Å². The fourth-order valence-corrected chi connectivity index (χ4v) is 4.29. The lowest BCUT2D eigenvalue weighted by molar-refractivity contribution is -0.121. The highest BCUT2D eigenvalue weighted by Gasteiger charge is 2.14. The number of nitriles is 1. The average molecular weight is 481 g/mol. The normalized spacial score (nSPS) is 10.8. The first-order valence-electron chi connectivity index (χ1n) is 12.1. The molecular weight excluding hydrogens is 452 g/mol. The molecule has 0 saturated heterocycles. The highest BCUT2D eigenvalue weighted by Crippen LogP contribution is 2.13. The summed E-state index contributed by atoms with van der Waals surface area (Å²) in [4.78, 5) is 38.7. The fraction of sp³-hybridized carbons (Fsp3) is 0.241. The van der Waals surface area contributed by atoms with Gasteiger partial charge in [-0.05, 0) is 48.6 Å². The molecule has 7 heteroatoms. The van der Waals surface area contributed by atoms with Crippen LogP contribution < -0.4 is 16.6 Å². The predicted octanol–water partition coefficient (Wildman–Crippen LogP) is 3.61. The van der Waals surface area contributed by atoms with Crippen molar-refractivity contribution in [3.63, 3.8) is 0 Å².